The summed E-state index contributed by atoms with van der Waals surface area (Å²) in [5.74, 6) is 0.653. The van der Waals surface area contributed by atoms with Gasteiger partial charge >= 0.3 is 0 Å². The highest BCUT2D eigenvalue weighted by molar-refractivity contribution is 6.99. The largest absolute Gasteiger partial charge is 0.367 e. The smallest absolute Gasteiger partial charge is 0.186 e. The molecule has 0 atom stereocenters. The first kappa shape index (κ1) is 10.3. The maximum atomic E-state index is 5.77. The van der Waals surface area contributed by atoms with E-state index in [9.17, 15) is 0 Å². The summed E-state index contributed by atoms with van der Waals surface area (Å²) in [5.41, 5.74) is 0. The molecule has 0 aliphatic rings. The van der Waals surface area contributed by atoms with Gasteiger partial charge < -0.3 is 5.32 Å². The zero-order valence-corrected chi connectivity index (χ0v) is 9.37. The Morgan fingerprint density at radius 2 is 2.40 bits per heavy atom. The molecular weight excluding hydrogens is 236 g/mol. The van der Waals surface area contributed by atoms with E-state index < -0.39 is 0 Å². The predicted octanol–water partition coefficient (Wildman–Crippen LogP) is 1.29. The SMILES string of the molecule is Clc1nsnc1NCCCn1ccnn1. The summed E-state index contributed by atoms with van der Waals surface area (Å²) in [6.45, 7) is 1.60. The number of nitrogens with zero attached hydrogens (tertiary/aromatic N) is 5. The van der Waals surface area contributed by atoms with Crippen LogP contribution in [0, 0.1) is 0 Å². The molecule has 0 amide bonds. The number of aryl methyl sites for hydroxylation is 1. The lowest BCUT2D eigenvalue weighted by Gasteiger charge is -2.02. The molecular formula is C7H9ClN6S. The average molecular weight is 245 g/mol. The van der Waals surface area contributed by atoms with E-state index in [-0.39, 0.29) is 0 Å². The van der Waals surface area contributed by atoms with Gasteiger partial charge in [-0.25, -0.2) is 0 Å². The minimum absolute atomic E-state index is 0.431. The fourth-order valence-corrected chi connectivity index (χ4v) is 1.77. The van der Waals surface area contributed by atoms with E-state index in [4.69, 9.17) is 11.6 Å². The van der Waals surface area contributed by atoms with Crippen LogP contribution >= 0.6 is 23.3 Å². The Morgan fingerprint density at radius 1 is 1.47 bits per heavy atom. The summed E-state index contributed by atoms with van der Waals surface area (Å²) in [4.78, 5) is 0. The highest BCUT2D eigenvalue weighted by Gasteiger charge is 2.02. The number of hydrogen-bond acceptors (Lipinski definition) is 6. The second-order valence-corrected chi connectivity index (χ2v) is 3.74. The molecule has 0 saturated heterocycles. The molecule has 0 fully saturated rings. The van der Waals surface area contributed by atoms with Gasteiger partial charge in [0.05, 0.1) is 17.9 Å². The molecule has 0 bridgehead atoms. The van der Waals surface area contributed by atoms with Crippen LogP contribution in [0.3, 0.4) is 0 Å². The van der Waals surface area contributed by atoms with Crippen LogP contribution in [0.1, 0.15) is 6.42 Å². The second-order valence-electron chi connectivity index (χ2n) is 2.85. The fraction of sp³-hybridized carbons (Fsp3) is 0.429. The summed E-state index contributed by atoms with van der Waals surface area (Å²) in [5, 5.41) is 11.1. The van der Waals surface area contributed by atoms with E-state index in [2.05, 4.69) is 24.4 Å². The Kier molecular flexibility index (Phi) is 3.46. The third-order valence-corrected chi connectivity index (χ3v) is 2.67. The average Bonchev–Trinajstić information content (AvgIpc) is 2.85. The van der Waals surface area contributed by atoms with Crippen LogP contribution < -0.4 is 5.32 Å². The quantitative estimate of drug-likeness (QED) is 0.803. The van der Waals surface area contributed by atoms with Gasteiger partial charge in [0.2, 0.25) is 0 Å². The van der Waals surface area contributed by atoms with Crippen molar-refractivity contribution in [1.82, 2.24) is 23.7 Å². The highest BCUT2D eigenvalue weighted by atomic mass is 35.5. The molecule has 0 saturated carbocycles. The summed E-state index contributed by atoms with van der Waals surface area (Å²) in [6.07, 6.45) is 4.42. The van der Waals surface area contributed by atoms with Gasteiger partial charge in [-0.2, -0.15) is 8.75 Å². The Bertz CT molecular complexity index is 399. The van der Waals surface area contributed by atoms with E-state index in [1.165, 1.54) is 0 Å². The number of hydrogen-bond donors (Lipinski definition) is 1. The molecule has 2 aromatic rings. The molecule has 0 unspecified atom stereocenters. The van der Waals surface area contributed by atoms with Gasteiger partial charge in [-0.3, -0.25) is 4.68 Å². The van der Waals surface area contributed by atoms with Crippen LogP contribution in [-0.2, 0) is 6.54 Å². The van der Waals surface area contributed by atoms with Crippen LogP contribution in [-0.4, -0.2) is 30.3 Å². The minimum Gasteiger partial charge on any atom is -0.367 e. The second kappa shape index (κ2) is 5.04. The van der Waals surface area contributed by atoms with Crippen LogP contribution in [0.15, 0.2) is 12.4 Å². The molecule has 0 aromatic carbocycles. The summed E-state index contributed by atoms with van der Waals surface area (Å²) >= 11 is 6.87. The Hall–Kier alpha value is -1.21. The number of aromatic nitrogens is 5. The molecule has 2 rings (SSSR count). The fourth-order valence-electron chi connectivity index (χ4n) is 1.08. The van der Waals surface area contributed by atoms with E-state index in [1.807, 2.05) is 6.20 Å². The molecule has 2 aromatic heterocycles. The lowest BCUT2D eigenvalue weighted by molar-refractivity contribution is 0.569. The first-order valence-electron chi connectivity index (χ1n) is 4.42. The molecule has 15 heavy (non-hydrogen) atoms. The van der Waals surface area contributed by atoms with Gasteiger partial charge in [-0.15, -0.1) is 5.10 Å². The maximum absolute atomic E-state index is 5.77. The zero-order chi connectivity index (χ0) is 10.5. The number of halogens is 1. The van der Waals surface area contributed by atoms with Crippen LogP contribution in [0.2, 0.25) is 5.15 Å². The van der Waals surface area contributed by atoms with Crippen molar-refractivity contribution in [1.29, 1.82) is 0 Å². The van der Waals surface area contributed by atoms with E-state index in [0.717, 1.165) is 31.2 Å². The molecule has 0 aliphatic heterocycles. The lowest BCUT2D eigenvalue weighted by Crippen LogP contribution is -2.07. The van der Waals surface area contributed by atoms with Crippen molar-refractivity contribution in [2.75, 3.05) is 11.9 Å². The number of anilines is 1. The Balaban J connectivity index is 1.70. The molecule has 2 heterocycles. The van der Waals surface area contributed by atoms with Crippen molar-refractivity contribution in [3.63, 3.8) is 0 Å². The van der Waals surface area contributed by atoms with Crippen molar-refractivity contribution >= 4 is 29.1 Å². The predicted molar refractivity (Wildman–Crippen MR) is 58.0 cm³/mol. The standard InChI is InChI=1S/C7H9ClN6S/c8-6-7(12-15-11-6)9-2-1-4-14-5-3-10-13-14/h3,5H,1-2,4H2,(H,9,12). The Labute approximate surface area is 95.6 Å². The normalized spacial score (nSPS) is 10.5. The lowest BCUT2D eigenvalue weighted by atomic mass is 10.4. The molecule has 0 aliphatic carbocycles. The molecule has 0 radical (unpaired) electrons. The van der Waals surface area contributed by atoms with E-state index >= 15 is 0 Å². The van der Waals surface area contributed by atoms with Gasteiger partial charge in [-0.05, 0) is 6.42 Å². The molecule has 80 valence electrons. The van der Waals surface area contributed by atoms with E-state index in [0.29, 0.717) is 11.0 Å². The maximum Gasteiger partial charge on any atom is 0.186 e. The van der Waals surface area contributed by atoms with Crippen molar-refractivity contribution < 1.29 is 0 Å². The Morgan fingerprint density at radius 3 is 3.07 bits per heavy atom. The minimum atomic E-state index is 0.431. The van der Waals surface area contributed by atoms with Gasteiger partial charge in [0.1, 0.15) is 0 Å². The van der Waals surface area contributed by atoms with E-state index in [1.54, 1.807) is 10.9 Å². The molecule has 1 N–H and O–H groups in total. The first-order valence-corrected chi connectivity index (χ1v) is 5.53. The number of rotatable bonds is 5. The van der Waals surface area contributed by atoms with Crippen LogP contribution in [0.5, 0.6) is 0 Å². The van der Waals surface area contributed by atoms with Crippen molar-refractivity contribution in [3.05, 3.63) is 17.5 Å². The zero-order valence-electron chi connectivity index (χ0n) is 7.80. The van der Waals surface area contributed by atoms with Crippen molar-refractivity contribution in [3.8, 4) is 0 Å². The first-order chi connectivity index (χ1) is 7.36. The summed E-state index contributed by atoms with van der Waals surface area (Å²) in [7, 11) is 0. The third-order valence-electron chi connectivity index (χ3n) is 1.78. The summed E-state index contributed by atoms with van der Waals surface area (Å²) < 4.78 is 9.63. The van der Waals surface area contributed by atoms with Gasteiger partial charge in [0.15, 0.2) is 11.0 Å². The van der Waals surface area contributed by atoms with Gasteiger partial charge in [-0.1, -0.05) is 16.8 Å². The van der Waals surface area contributed by atoms with Crippen molar-refractivity contribution in [2.24, 2.45) is 0 Å². The van der Waals surface area contributed by atoms with Crippen LogP contribution in [0.25, 0.3) is 0 Å². The summed E-state index contributed by atoms with van der Waals surface area (Å²) in [6, 6.07) is 0. The monoisotopic (exact) mass is 244 g/mol. The highest BCUT2D eigenvalue weighted by Crippen LogP contribution is 2.17. The van der Waals surface area contributed by atoms with Crippen LogP contribution in [0.4, 0.5) is 5.82 Å². The molecule has 6 nitrogen and oxygen atoms in total. The van der Waals surface area contributed by atoms with Gasteiger partial charge in [0, 0.05) is 19.3 Å². The third kappa shape index (κ3) is 2.87. The molecule has 0 spiro atoms. The number of nitrogens with one attached hydrogen (secondary N) is 1. The topological polar surface area (TPSA) is 68.5 Å². The van der Waals surface area contributed by atoms with Crippen molar-refractivity contribution in [2.45, 2.75) is 13.0 Å². The molecule has 8 heteroatoms. The van der Waals surface area contributed by atoms with Gasteiger partial charge in [0.25, 0.3) is 0 Å².